The Kier molecular flexibility index (Phi) is 4.76. The van der Waals surface area contributed by atoms with Crippen LogP contribution < -0.4 is 10.5 Å². The van der Waals surface area contributed by atoms with Crippen molar-refractivity contribution < 1.29 is 23.2 Å². The number of hydrogen-bond acceptors (Lipinski definition) is 6. The molecule has 3 N–H and O–H groups in total. The highest BCUT2D eigenvalue weighted by molar-refractivity contribution is 7.89. The van der Waals surface area contributed by atoms with Gasteiger partial charge in [-0.15, -0.1) is 4.31 Å². The Labute approximate surface area is 117 Å². The number of aromatic nitrogens is 1. The third kappa shape index (κ3) is 3.55. The number of nitrogens with two attached hydrogens (primary N) is 1. The van der Waals surface area contributed by atoms with Crippen LogP contribution in [0, 0.1) is 0 Å². The van der Waals surface area contributed by atoms with Crippen molar-refractivity contribution in [3.8, 4) is 5.75 Å². The van der Waals surface area contributed by atoms with E-state index in [-0.39, 0.29) is 23.9 Å². The first-order valence-corrected chi connectivity index (χ1v) is 7.04. The summed E-state index contributed by atoms with van der Waals surface area (Å²) in [7, 11) is 0. The van der Waals surface area contributed by atoms with E-state index in [4.69, 9.17) is 5.73 Å². The number of alkyl halides is 2. The minimum atomic E-state index is -2.92. The van der Waals surface area contributed by atoms with Crippen molar-refractivity contribution in [2.24, 2.45) is 5.73 Å². The molecule has 0 radical (unpaired) electrons. The maximum Gasteiger partial charge on any atom is 0.387 e. The molecule has 9 heteroatoms. The van der Waals surface area contributed by atoms with Crippen molar-refractivity contribution in [1.29, 1.82) is 0 Å². The second-order valence-electron chi connectivity index (χ2n) is 4.50. The third-order valence-corrected chi connectivity index (χ3v) is 4.40. The number of hydrogen-bond donors (Lipinski definition) is 2. The molecule has 0 bridgehead atoms. The zero-order chi connectivity index (χ0) is 14.8. The average molecular weight is 307 g/mol. The molecule has 2 unspecified atom stereocenters. The van der Waals surface area contributed by atoms with Crippen LogP contribution >= 0.6 is 0 Å². The van der Waals surface area contributed by atoms with Crippen molar-refractivity contribution in [1.82, 2.24) is 9.29 Å². The van der Waals surface area contributed by atoms with Gasteiger partial charge in [-0.05, 0) is 12.5 Å². The van der Waals surface area contributed by atoms with E-state index in [9.17, 15) is 18.4 Å². The maximum absolute atomic E-state index is 12.2. The molecule has 1 aromatic rings. The zero-order valence-corrected chi connectivity index (χ0v) is 11.4. The van der Waals surface area contributed by atoms with E-state index in [1.54, 1.807) is 4.31 Å². The van der Waals surface area contributed by atoms with Gasteiger partial charge in [-0.2, -0.15) is 8.78 Å². The second kappa shape index (κ2) is 6.19. The smallest absolute Gasteiger partial charge is 0.387 e. The molecule has 0 aromatic carbocycles. The quantitative estimate of drug-likeness (QED) is 0.749. The van der Waals surface area contributed by atoms with E-state index in [1.165, 1.54) is 12.1 Å². The van der Waals surface area contributed by atoms with E-state index in [0.717, 1.165) is 6.20 Å². The average Bonchev–Trinajstić information content (AvgIpc) is 2.82. The van der Waals surface area contributed by atoms with Crippen LogP contribution in [0.5, 0.6) is 5.75 Å². The first kappa shape index (κ1) is 15.4. The Morgan fingerprint density at radius 1 is 1.60 bits per heavy atom. The van der Waals surface area contributed by atoms with E-state index in [2.05, 4.69) is 9.72 Å². The van der Waals surface area contributed by atoms with E-state index in [1.807, 2.05) is 0 Å². The SMILES string of the molecule is NCC1(O)CCN([S+]([O-])c2ccc(OC(F)F)cn2)C1. The van der Waals surface area contributed by atoms with Crippen LogP contribution in [0.15, 0.2) is 23.4 Å². The summed E-state index contributed by atoms with van der Waals surface area (Å²) in [6, 6.07) is 2.63. The van der Waals surface area contributed by atoms with Crippen molar-refractivity contribution >= 4 is 11.4 Å². The Morgan fingerprint density at radius 3 is 2.85 bits per heavy atom. The number of aliphatic hydroxyl groups is 1. The summed E-state index contributed by atoms with van der Waals surface area (Å²) in [6.45, 7) is -2.22. The van der Waals surface area contributed by atoms with Crippen LogP contribution in [0.3, 0.4) is 0 Å². The van der Waals surface area contributed by atoms with Gasteiger partial charge < -0.3 is 20.1 Å². The van der Waals surface area contributed by atoms with Crippen molar-refractivity contribution in [2.75, 3.05) is 19.6 Å². The fourth-order valence-corrected chi connectivity index (χ4v) is 3.11. The summed E-state index contributed by atoms with van der Waals surface area (Å²) in [4.78, 5) is 3.84. The number of β-amino-alcohol motifs (C(OH)–C–C–N with tert-alkyl or cyclic N) is 1. The van der Waals surface area contributed by atoms with Gasteiger partial charge in [0.15, 0.2) is 0 Å². The van der Waals surface area contributed by atoms with Crippen LogP contribution in [0.1, 0.15) is 6.42 Å². The van der Waals surface area contributed by atoms with E-state index < -0.39 is 23.6 Å². The Hall–Kier alpha value is -1.00. The van der Waals surface area contributed by atoms with Gasteiger partial charge in [0.25, 0.3) is 5.03 Å². The van der Waals surface area contributed by atoms with Gasteiger partial charge in [-0.25, -0.2) is 4.98 Å². The van der Waals surface area contributed by atoms with Crippen LogP contribution in [0.25, 0.3) is 0 Å². The molecule has 2 rings (SSSR count). The van der Waals surface area contributed by atoms with Gasteiger partial charge in [0.2, 0.25) is 0 Å². The summed E-state index contributed by atoms with van der Waals surface area (Å²) in [6.07, 6.45) is 1.52. The van der Waals surface area contributed by atoms with Crippen LogP contribution in [0.2, 0.25) is 0 Å². The summed E-state index contributed by atoms with van der Waals surface area (Å²) < 4.78 is 41.9. The number of rotatable bonds is 5. The lowest BCUT2D eigenvalue weighted by Crippen LogP contribution is -2.41. The lowest BCUT2D eigenvalue weighted by molar-refractivity contribution is -0.0501. The molecule has 1 aromatic heterocycles. The number of halogens is 2. The normalized spacial score (nSPS) is 25.1. The number of nitrogens with zero attached hydrogens (tertiary/aromatic N) is 2. The lowest BCUT2D eigenvalue weighted by Gasteiger charge is -2.21. The van der Waals surface area contributed by atoms with Crippen LogP contribution in [0.4, 0.5) is 8.78 Å². The Morgan fingerprint density at radius 2 is 2.35 bits per heavy atom. The summed E-state index contributed by atoms with van der Waals surface area (Å²) in [5, 5.41) is 10.2. The van der Waals surface area contributed by atoms with Gasteiger partial charge in [-0.3, -0.25) is 0 Å². The van der Waals surface area contributed by atoms with Crippen molar-refractivity contribution in [3.05, 3.63) is 18.3 Å². The predicted molar refractivity (Wildman–Crippen MR) is 67.5 cm³/mol. The molecular weight excluding hydrogens is 292 g/mol. The molecule has 1 fully saturated rings. The van der Waals surface area contributed by atoms with Crippen LogP contribution in [-0.2, 0) is 11.4 Å². The van der Waals surface area contributed by atoms with Gasteiger partial charge >= 0.3 is 6.61 Å². The minimum Gasteiger partial charge on any atom is -0.592 e. The fourth-order valence-electron chi connectivity index (χ4n) is 1.90. The number of ether oxygens (including phenoxy) is 1. The van der Waals surface area contributed by atoms with Gasteiger partial charge in [0.1, 0.15) is 17.1 Å². The highest BCUT2D eigenvalue weighted by Crippen LogP contribution is 2.26. The standard InChI is InChI=1S/C11H15F2N3O3S/c12-10(13)19-8-1-2-9(15-5-8)20(18)16-4-3-11(17,6-14)7-16/h1-2,5,10,17H,3-4,6-7,14H2. The molecule has 6 nitrogen and oxygen atoms in total. The van der Waals surface area contributed by atoms with E-state index in [0.29, 0.717) is 13.0 Å². The molecule has 1 aliphatic rings. The van der Waals surface area contributed by atoms with Gasteiger partial charge in [0, 0.05) is 19.2 Å². The predicted octanol–water partition coefficient (Wildman–Crippen LogP) is 0.101. The summed E-state index contributed by atoms with van der Waals surface area (Å²) in [5.74, 6) is -0.0966. The molecule has 2 atom stereocenters. The molecule has 1 saturated heterocycles. The maximum atomic E-state index is 12.2. The molecule has 112 valence electrons. The second-order valence-corrected chi connectivity index (χ2v) is 5.93. The lowest BCUT2D eigenvalue weighted by atomic mass is 10.1. The third-order valence-electron chi connectivity index (χ3n) is 3.02. The monoisotopic (exact) mass is 307 g/mol. The molecule has 0 saturated carbocycles. The highest BCUT2D eigenvalue weighted by Gasteiger charge is 2.41. The molecule has 0 amide bonds. The Balaban J connectivity index is 2.01. The van der Waals surface area contributed by atoms with Crippen molar-refractivity contribution in [2.45, 2.75) is 23.7 Å². The largest absolute Gasteiger partial charge is 0.592 e. The summed E-state index contributed by atoms with van der Waals surface area (Å²) in [5.41, 5.74) is 4.42. The van der Waals surface area contributed by atoms with Crippen LogP contribution in [-0.4, -0.2) is 50.8 Å². The Bertz CT molecular complexity index is 451. The molecule has 2 heterocycles. The first-order chi connectivity index (χ1) is 9.43. The topological polar surface area (TPSA) is 94.7 Å². The zero-order valence-electron chi connectivity index (χ0n) is 10.5. The number of pyridine rings is 1. The molecule has 0 aliphatic carbocycles. The minimum absolute atomic E-state index is 0.0926. The van der Waals surface area contributed by atoms with Gasteiger partial charge in [-0.1, -0.05) is 0 Å². The molecule has 1 aliphatic heterocycles. The fraction of sp³-hybridized carbons (Fsp3) is 0.545. The highest BCUT2D eigenvalue weighted by atomic mass is 32.2. The van der Waals surface area contributed by atoms with Crippen molar-refractivity contribution in [3.63, 3.8) is 0 Å². The van der Waals surface area contributed by atoms with Gasteiger partial charge in [0.05, 0.1) is 18.3 Å². The molecule has 0 spiro atoms. The molecule has 20 heavy (non-hydrogen) atoms. The van der Waals surface area contributed by atoms with E-state index >= 15 is 0 Å². The summed E-state index contributed by atoms with van der Waals surface area (Å²) >= 11 is -1.56. The molecular formula is C11H15F2N3O3S. The first-order valence-electron chi connectivity index (χ1n) is 5.94.